The average molecular weight is 220 g/mol. The first-order valence-corrected chi connectivity index (χ1v) is 5.03. The van der Waals surface area contributed by atoms with Crippen molar-refractivity contribution in [1.29, 1.82) is 0 Å². The van der Waals surface area contributed by atoms with E-state index in [1.54, 1.807) is 13.1 Å². The molecule has 1 aromatic heterocycles. The molecule has 16 heavy (non-hydrogen) atoms. The van der Waals surface area contributed by atoms with E-state index < -0.39 is 6.09 Å². The molecule has 5 nitrogen and oxygen atoms in total. The summed E-state index contributed by atoms with van der Waals surface area (Å²) >= 11 is 0. The molecule has 2 aromatic rings. The minimum Gasteiger partial charge on any atom is -0.450 e. The van der Waals surface area contributed by atoms with Gasteiger partial charge >= 0.3 is 6.09 Å². The maximum atomic E-state index is 11.1. The maximum Gasteiger partial charge on any atom is 0.407 e. The summed E-state index contributed by atoms with van der Waals surface area (Å²) in [5, 5.41) is 7.24. The second-order valence-corrected chi connectivity index (χ2v) is 3.27. The Kier molecular flexibility index (Phi) is 3.05. The van der Waals surface area contributed by atoms with Gasteiger partial charge in [0.05, 0.1) is 12.8 Å². The Labute approximate surface area is 92.4 Å². The van der Waals surface area contributed by atoms with Gasteiger partial charge in [-0.3, -0.25) is 0 Å². The van der Waals surface area contributed by atoms with Crippen molar-refractivity contribution in [3.05, 3.63) is 30.0 Å². The molecule has 1 aromatic carbocycles. The van der Waals surface area contributed by atoms with Gasteiger partial charge in [-0.2, -0.15) is 0 Å². The fraction of sp³-hybridized carbons (Fsp3) is 0.273. The number of amides is 1. The number of fused-ring (bicyclic) bond motifs is 1. The summed E-state index contributed by atoms with van der Waals surface area (Å²) in [7, 11) is 0. The topological polar surface area (TPSA) is 64.4 Å². The van der Waals surface area contributed by atoms with Gasteiger partial charge in [0.1, 0.15) is 0 Å². The summed E-state index contributed by atoms with van der Waals surface area (Å²) in [6.45, 7) is 2.57. The molecule has 5 heteroatoms. The first kappa shape index (κ1) is 10.5. The standard InChI is InChI=1S/C11H12N2O3/c1-2-15-11(14)12-6-8-3-4-10-9(5-8)7-13-16-10/h3-5,7H,2,6H2,1H3,(H,12,14). The maximum absolute atomic E-state index is 11.1. The monoisotopic (exact) mass is 220 g/mol. The number of nitrogens with one attached hydrogen (secondary N) is 1. The number of carbonyl (C=O) groups excluding carboxylic acids is 1. The fourth-order valence-electron chi connectivity index (χ4n) is 1.39. The van der Waals surface area contributed by atoms with Gasteiger partial charge in [0.15, 0.2) is 5.58 Å². The van der Waals surface area contributed by atoms with E-state index in [4.69, 9.17) is 9.26 Å². The van der Waals surface area contributed by atoms with Crippen LogP contribution in [0.4, 0.5) is 4.79 Å². The van der Waals surface area contributed by atoms with Gasteiger partial charge in [0.25, 0.3) is 0 Å². The molecule has 0 bridgehead atoms. The van der Waals surface area contributed by atoms with Crippen molar-refractivity contribution in [2.45, 2.75) is 13.5 Å². The SMILES string of the molecule is CCOC(=O)NCc1ccc2oncc2c1. The predicted molar refractivity (Wildman–Crippen MR) is 57.9 cm³/mol. The van der Waals surface area contributed by atoms with Crippen LogP contribution in [0.2, 0.25) is 0 Å². The third-order valence-electron chi connectivity index (χ3n) is 2.13. The summed E-state index contributed by atoms with van der Waals surface area (Å²) in [6, 6.07) is 5.61. The molecule has 1 amide bonds. The van der Waals surface area contributed by atoms with Crippen LogP contribution in [0.25, 0.3) is 11.0 Å². The van der Waals surface area contributed by atoms with E-state index in [0.717, 1.165) is 16.5 Å². The number of nitrogens with zero attached hydrogens (tertiary/aromatic N) is 1. The largest absolute Gasteiger partial charge is 0.450 e. The van der Waals surface area contributed by atoms with Crippen molar-refractivity contribution < 1.29 is 14.1 Å². The van der Waals surface area contributed by atoms with Crippen LogP contribution in [0, 0.1) is 0 Å². The molecule has 0 atom stereocenters. The normalized spacial score (nSPS) is 10.3. The van der Waals surface area contributed by atoms with Gasteiger partial charge in [-0.25, -0.2) is 4.79 Å². The van der Waals surface area contributed by atoms with Crippen molar-refractivity contribution in [3.8, 4) is 0 Å². The lowest BCUT2D eigenvalue weighted by Gasteiger charge is -2.04. The zero-order valence-electron chi connectivity index (χ0n) is 8.90. The molecule has 1 heterocycles. The van der Waals surface area contributed by atoms with Crippen molar-refractivity contribution in [1.82, 2.24) is 10.5 Å². The van der Waals surface area contributed by atoms with Crippen LogP contribution in [0.3, 0.4) is 0 Å². The highest BCUT2D eigenvalue weighted by molar-refractivity contribution is 5.76. The summed E-state index contributed by atoms with van der Waals surface area (Å²) < 4.78 is 9.73. The van der Waals surface area contributed by atoms with Gasteiger partial charge in [-0.1, -0.05) is 11.2 Å². The van der Waals surface area contributed by atoms with Gasteiger partial charge in [-0.15, -0.1) is 0 Å². The lowest BCUT2D eigenvalue weighted by Crippen LogP contribution is -2.23. The first-order chi connectivity index (χ1) is 7.79. The zero-order valence-corrected chi connectivity index (χ0v) is 8.90. The highest BCUT2D eigenvalue weighted by atomic mass is 16.5. The Bertz CT molecular complexity index is 493. The van der Waals surface area contributed by atoms with Crippen LogP contribution in [0.1, 0.15) is 12.5 Å². The van der Waals surface area contributed by atoms with Crippen molar-refractivity contribution in [3.63, 3.8) is 0 Å². The Morgan fingerprint density at radius 3 is 3.25 bits per heavy atom. The van der Waals surface area contributed by atoms with E-state index in [-0.39, 0.29) is 0 Å². The van der Waals surface area contributed by atoms with Crippen molar-refractivity contribution in [2.24, 2.45) is 0 Å². The molecule has 0 aliphatic carbocycles. The van der Waals surface area contributed by atoms with E-state index in [1.807, 2.05) is 18.2 Å². The fourth-order valence-corrected chi connectivity index (χ4v) is 1.39. The number of ether oxygens (including phenoxy) is 1. The summed E-state index contributed by atoms with van der Waals surface area (Å²) in [6.07, 6.45) is 1.23. The van der Waals surface area contributed by atoms with Gasteiger partial charge in [0, 0.05) is 11.9 Å². The number of hydrogen-bond donors (Lipinski definition) is 1. The highest BCUT2D eigenvalue weighted by Gasteiger charge is 2.02. The molecule has 0 fully saturated rings. The Hall–Kier alpha value is -2.04. The molecule has 0 radical (unpaired) electrons. The number of carbonyl (C=O) groups is 1. The third-order valence-corrected chi connectivity index (χ3v) is 2.13. The lowest BCUT2D eigenvalue weighted by molar-refractivity contribution is 0.151. The highest BCUT2D eigenvalue weighted by Crippen LogP contribution is 2.14. The molecule has 1 N–H and O–H groups in total. The van der Waals surface area contributed by atoms with E-state index in [1.165, 1.54) is 0 Å². The van der Waals surface area contributed by atoms with Gasteiger partial charge in [0.2, 0.25) is 0 Å². The van der Waals surface area contributed by atoms with E-state index in [2.05, 4.69) is 10.5 Å². The molecule has 0 aliphatic rings. The lowest BCUT2D eigenvalue weighted by atomic mass is 10.2. The molecule has 0 aliphatic heterocycles. The van der Waals surface area contributed by atoms with Crippen LogP contribution in [0.15, 0.2) is 28.9 Å². The van der Waals surface area contributed by atoms with Crippen molar-refractivity contribution >= 4 is 17.1 Å². The molecular weight excluding hydrogens is 208 g/mol. The number of alkyl carbamates (subject to hydrolysis) is 1. The number of aromatic nitrogens is 1. The number of hydrogen-bond acceptors (Lipinski definition) is 4. The van der Waals surface area contributed by atoms with Crippen LogP contribution >= 0.6 is 0 Å². The third kappa shape index (κ3) is 2.31. The van der Waals surface area contributed by atoms with Crippen molar-refractivity contribution in [2.75, 3.05) is 6.61 Å². The Morgan fingerprint density at radius 1 is 1.56 bits per heavy atom. The minimum absolute atomic E-state index is 0.372. The van der Waals surface area contributed by atoms with Crippen LogP contribution in [0.5, 0.6) is 0 Å². The van der Waals surface area contributed by atoms with Crippen LogP contribution in [-0.2, 0) is 11.3 Å². The van der Waals surface area contributed by atoms with Gasteiger partial charge in [-0.05, 0) is 24.6 Å². The second kappa shape index (κ2) is 4.65. The second-order valence-electron chi connectivity index (χ2n) is 3.27. The smallest absolute Gasteiger partial charge is 0.407 e. The summed E-state index contributed by atoms with van der Waals surface area (Å²) in [5.74, 6) is 0. The molecule has 0 spiro atoms. The summed E-state index contributed by atoms with van der Waals surface area (Å²) in [5.41, 5.74) is 1.71. The molecule has 0 saturated heterocycles. The first-order valence-electron chi connectivity index (χ1n) is 5.03. The molecular formula is C11H12N2O3. The molecule has 0 unspecified atom stereocenters. The van der Waals surface area contributed by atoms with Crippen LogP contribution < -0.4 is 5.32 Å². The Morgan fingerprint density at radius 2 is 2.44 bits per heavy atom. The van der Waals surface area contributed by atoms with Gasteiger partial charge < -0.3 is 14.6 Å². The van der Waals surface area contributed by atoms with E-state index in [9.17, 15) is 4.79 Å². The molecule has 2 rings (SSSR count). The van der Waals surface area contributed by atoms with E-state index in [0.29, 0.717) is 13.2 Å². The zero-order chi connectivity index (χ0) is 11.4. The number of rotatable bonds is 3. The Balaban J connectivity index is 2.01. The molecule has 84 valence electrons. The number of benzene rings is 1. The molecule has 0 saturated carbocycles. The minimum atomic E-state index is -0.409. The van der Waals surface area contributed by atoms with E-state index >= 15 is 0 Å². The van der Waals surface area contributed by atoms with Crippen LogP contribution in [-0.4, -0.2) is 17.9 Å². The summed E-state index contributed by atoms with van der Waals surface area (Å²) in [4.78, 5) is 11.1. The quantitative estimate of drug-likeness (QED) is 0.860. The average Bonchev–Trinajstić information content (AvgIpc) is 2.74. The predicted octanol–water partition coefficient (Wildman–Crippen LogP) is 2.07.